The molecular weight excluding hydrogens is 281 g/mol. The standard InChI is InChI=1S/C15H23NO.2ClH/c1-16(2)9-8-12-4-5-14-11-15(17-3)7-6-13(14)10-12;;/h6-7,11-12H,4-5,8-10H2,1-3H3;2*1H. The van der Waals surface area contributed by atoms with E-state index in [0.29, 0.717) is 0 Å². The summed E-state index contributed by atoms with van der Waals surface area (Å²) in [6.45, 7) is 1.20. The van der Waals surface area contributed by atoms with Crippen LogP contribution >= 0.6 is 24.8 Å². The number of ether oxygens (including phenoxy) is 1. The van der Waals surface area contributed by atoms with Crippen LogP contribution in [0.25, 0.3) is 0 Å². The lowest BCUT2D eigenvalue weighted by molar-refractivity contribution is 0.330. The first kappa shape index (κ1) is 18.6. The predicted octanol–water partition coefficient (Wildman–Crippen LogP) is 3.60. The lowest BCUT2D eigenvalue weighted by Gasteiger charge is -2.26. The Balaban J connectivity index is 0.00000162. The van der Waals surface area contributed by atoms with Gasteiger partial charge in [0.05, 0.1) is 7.11 Å². The molecule has 0 saturated heterocycles. The first-order valence-electron chi connectivity index (χ1n) is 6.49. The molecule has 0 N–H and O–H groups in total. The number of halogens is 2. The minimum Gasteiger partial charge on any atom is -0.497 e. The van der Waals surface area contributed by atoms with E-state index in [0.717, 1.165) is 11.7 Å². The van der Waals surface area contributed by atoms with Crippen LogP contribution in [0.15, 0.2) is 18.2 Å². The molecule has 1 aromatic rings. The summed E-state index contributed by atoms with van der Waals surface area (Å²) in [5.41, 5.74) is 3.02. The summed E-state index contributed by atoms with van der Waals surface area (Å²) in [6, 6.07) is 6.54. The maximum atomic E-state index is 5.28. The molecule has 0 saturated carbocycles. The maximum Gasteiger partial charge on any atom is 0.119 e. The third kappa shape index (κ3) is 5.21. The topological polar surface area (TPSA) is 12.5 Å². The molecule has 0 aliphatic heterocycles. The molecule has 0 amide bonds. The van der Waals surface area contributed by atoms with Crippen molar-refractivity contribution in [3.8, 4) is 5.75 Å². The molecule has 19 heavy (non-hydrogen) atoms. The Hall–Kier alpha value is -0.440. The third-order valence-electron chi connectivity index (χ3n) is 3.73. The Morgan fingerprint density at radius 1 is 1.21 bits per heavy atom. The maximum absolute atomic E-state index is 5.28. The molecule has 0 bridgehead atoms. The van der Waals surface area contributed by atoms with E-state index in [9.17, 15) is 0 Å². The zero-order valence-corrected chi connectivity index (χ0v) is 13.6. The van der Waals surface area contributed by atoms with E-state index >= 15 is 0 Å². The Bertz CT molecular complexity index is 382. The zero-order valence-electron chi connectivity index (χ0n) is 12.0. The van der Waals surface area contributed by atoms with Gasteiger partial charge in [-0.2, -0.15) is 0 Å². The molecule has 0 heterocycles. The average Bonchev–Trinajstić information content (AvgIpc) is 2.35. The minimum absolute atomic E-state index is 0. The van der Waals surface area contributed by atoms with Gasteiger partial charge in [-0.1, -0.05) is 6.07 Å². The van der Waals surface area contributed by atoms with Gasteiger partial charge in [0.25, 0.3) is 0 Å². The summed E-state index contributed by atoms with van der Waals surface area (Å²) in [5.74, 6) is 1.86. The van der Waals surface area contributed by atoms with Crippen LogP contribution in [0.1, 0.15) is 24.0 Å². The second-order valence-corrected chi connectivity index (χ2v) is 5.34. The molecule has 1 aliphatic rings. The second kappa shape index (κ2) is 8.68. The quantitative estimate of drug-likeness (QED) is 0.843. The van der Waals surface area contributed by atoms with Crippen molar-refractivity contribution < 1.29 is 4.74 Å². The van der Waals surface area contributed by atoms with Crippen LogP contribution in [0.2, 0.25) is 0 Å². The van der Waals surface area contributed by atoms with Gasteiger partial charge in [0.1, 0.15) is 5.75 Å². The normalized spacial score (nSPS) is 17.2. The number of methoxy groups -OCH3 is 1. The van der Waals surface area contributed by atoms with Gasteiger partial charge in [-0.15, -0.1) is 24.8 Å². The van der Waals surface area contributed by atoms with Crippen molar-refractivity contribution in [1.29, 1.82) is 0 Å². The molecule has 2 nitrogen and oxygen atoms in total. The van der Waals surface area contributed by atoms with Crippen molar-refractivity contribution in [2.45, 2.75) is 25.7 Å². The van der Waals surface area contributed by atoms with Crippen molar-refractivity contribution in [2.75, 3.05) is 27.7 Å². The summed E-state index contributed by atoms with van der Waals surface area (Å²) >= 11 is 0. The summed E-state index contributed by atoms with van der Waals surface area (Å²) in [5, 5.41) is 0. The molecule has 0 fully saturated rings. The Kier molecular flexibility index (Phi) is 8.47. The van der Waals surface area contributed by atoms with Crippen molar-refractivity contribution in [3.63, 3.8) is 0 Å². The number of nitrogens with zero attached hydrogens (tertiary/aromatic N) is 1. The van der Waals surface area contributed by atoms with Crippen LogP contribution in [-0.2, 0) is 12.8 Å². The van der Waals surface area contributed by atoms with Gasteiger partial charge in [-0.3, -0.25) is 0 Å². The molecular formula is C15H25Cl2NO. The Morgan fingerprint density at radius 2 is 1.95 bits per heavy atom. The number of hydrogen-bond donors (Lipinski definition) is 0. The number of hydrogen-bond acceptors (Lipinski definition) is 2. The lowest BCUT2D eigenvalue weighted by Crippen LogP contribution is -2.21. The van der Waals surface area contributed by atoms with Gasteiger partial charge in [-0.25, -0.2) is 0 Å². The largest absolute Gasteiger partial charge is 0.497 e. The smallest absolute Gasteiger partial charge is 0.119 e. The first-order chi connectivity index (χ1) is 8.19. The second-order valence-electron chi connectivity index (χ2n) is 5.34. The highest BCUT2D eigenvalue weighted by molar-refractivity contribution is 5.85. The lowest BCUT2D eigenvalue weighted by atomic mass is 9.82. The van der Waals surface area contributed by atoms with Crippen molar-refractivity contribution in [3.05, 3.63) is 29.3 Å². The Morgan fingerprint density at radius 3 is 2.58 bits per heavy atom. The van der Waals surface area contributed by atoms with E-state index in [-0.39, 0.29) is 24.8 Å². The molecule has 1 aliphatic carbocycles. The van der Waals surface area contributed by atoms with E-state index in [4.69, 9.17) is 4.74 Å². The highest BCUT2D eigenvalue weighted by Crippen LogP contribution is 2.30. The van der Waals surface area contributed by atoms with Gasteiger partial charge in [0.2, 0.25) is 0 Å². The zero-order chi connectivity index (χ0) is 12.3. The van der Waals surface area contributed by atoms with E-state index < -0.39 is 0 Å². The fraction of sp³-hybridized carbons (Fsp3) is 0.600. The van der Waals surface area contributed by atoms with Crippen molar-refractivity contribution in [1.82, 2.24) is 4.90 Å². The van der Waals surface area contributed by atoms with E-state index in [1.807, 2.05) is 0 Å². The third-order valence-corrected chi connectivity index (χ3v) is 3.73. The van der Waals surface area contributed by atoms with Crippen molar-refractivity contribution in [2.24, 2.45) is 5.92 Å². The van der Waals surface area contributed by atoms with Crippen LogP contribution in [-0.4, -0.2) is 32.6 Å². The Labute approximate surface area is 129 Å². The highest BCUT2D eigenvalue weighted by atomic mass is 35.5. The van der Waals surface area contributed by atoms with Crippen LogP contribution in [0.4, 0.5) is 0 Å². The van der Waals surface area contributed by atoms with Crippen LogP contribution < -0.4 is 4.74 Å². The molecule has 0 spiro atoms. The summed E-state index contributed by atoms with van der Waals surface area (Å²) in [7, 11) is 6.05. The summed E-state index contributed by atoms with van der Waals surface area (Å²) in [4.78, 5) is 2.28. The average molecular weight is 306 g/mol. The molecule has 0 aromatic heterocycles. The van der Waals surface area contributed by atoms with Crippen LogP contribution in [0.3, 0.4) is 0 Å². The number of benzene rings is 1. The molecule has 2 rings (SSSR count). The molecule has 1 unspecified atom stereocenters. The fourth-order valence-corrected chi connectivity index (χ4v) is 2.62. The molecule has 0 radical (unpaired) electrons. The monoisotopic (exact) mass is 305 g/mol. The van der Waals surface area contributed by atoms with Gasteiger partial charge in [0, 0.05) is 0 Å². The van der Waals surface area contributed by atoms with Crippen molar-refractivity contribution >= 4 is 24.8 Å². The number of aryl methyl sites for hydroxylation is 1. The molecule has 110 valence electrons. The van der Waals surface area contributed by atoms with Gasteiger partial charge < -0.3 is 9.64 Å². The highest BCUT2D eigenvalue weighted by Gasteiger charge is 2.18. The van der Waals surface area contributed by atoms with E-state index in [1.165, 1.54) is 43.4 Å². The predicted molar refractivity (Wildman–Crippen MR) is 86.2 cm³/mol. The van der Waals surface area contributed by atoms with E-state index in [1.54, 1.807) is 7.11 Å². The molecule has 1 atom stereocenters. The van der Waals surface area contributed by atoms with Gasteiger partial charge >= 0.3 is 0 Å². The van der Waals surface area contributed by atoms with Crippen LogP contribution in [0, 0.1) is 5.92 Å². The van der Waals surface area contributed by atoms with Gasteiger partial charge in [0.15, 0.2) is 0 Å². The molecule has 4 heteroatoms. The fourth-order valence-electron chi connectivity index (χ4n) is 2.62. The van der Waals surface area contributed by atoms with E-state index in [2.05, 4.69) is 37.2 Å². The number of fused-ring (bicyclic) bond motifs is 1. The molecule has 1 aromatic carbocycles. The minimum atomic E-state index is 0. The van der Waals surface area contributed by atoms with Crippen LogP contribution in [0.5, 0.6) is 5.75 Å². The number of rotatable bonds is 4. The van der Waals surface area contributed by atoms with Gasteiger partial charge in [-0.05, 0) is 75.5 Å². The summed E-state index contributed by atoms with van der Waals surface area (Å²) < 4.78 is 5.28. The summed E-state index contributed by atoms with van der Waals surface area (Å²) in [6.07, 6.45) is 5.10. The SMILES string of the molecule is COc1ccc2c(c1)CCC(CCN(C)C)C2.Cl.Cl. The first-order valence-corrected chi connectivity index (χ1v) is 6.49.